The van der Waals surface area contributed by atoms with Crippen molar-refractivity contribution in [2.45, 2.75) is 30.6 Å². The van der Waals surface area contributed by atoms with Crippen LogP contribution in [0, 0.1) is 0 Å². The maximum Gasteiger partial charge on any atom is 0.313 e. The fourth-order valence-electron chi connectivity index (χ4n) is 3.63. The summed E-state index contributed by atoms with van der Waals surface area (Å²) in [6.07, 6.45) is 2.89. The van der Waals surface area contributed by atoms with Crippen LogP contribution >= 0.6 is 11.8 Å². The minimum absolute atomic E-state index is 0.108. The molecule has 1 aromatic rings. The molecular formula is C15H18ClNO2. The molecule has 19 heavy (non-hydrogen) atoms. The Balaban J connectivity index is 1.99. The molecule has 1 spiro atoms. The number of carbonyl (C=O) groups is 1. The van der Waals surface area contributed by atoms with E-state index in [1.54, 1.807) is 0 Å². The summed E-state index contributed by atoms with van der Waals surface area (Å²) in [5, 5.41) is 0. The minimum atomic E-state index is -0.113. The van der Waals surface area contributed by atoms with E-state index in [0.29, 0.717) is 0 Å². The summed E-state index contributed by atoms with van der Waals surface area (Å²) in [5.74, 6) is -0.222. The summed E-state index contributed by atoms with van der Waals surface area (Å²) in [6, 6.07) is 8.30. The van der Waals surface area contributed by atoms with Crippen LogP contribution in [0.15, 0.2) is 24.3 Å². The summed E-state index contributed by atoms with van der Waals surface area (Å²) in [7, 11) is 1.47. The van der Waals surface area contributed by atoms with Gasteiger partial charge in [0.15, 0.2) is 0 Å². The normalized spacial score (nSPS) is 25.3. The molecule has 3 rings (SSSR count). The lowest BCUT2D eigenvalue weighted by molar-refractivity contribution is -0.142. The van der Waals surface area contributed by atoms with Crippen molar-refractivity contribution in [2.75, 3.05) is 20.2 Å². The zero-order chi connectivity index (χ0) is 13.5. The monoisotopic (exact) mass is 279 g/mol. The Morgan fingerprint density at radius 1 is 1.37 bits per heavy atom. The quantitative estimate of drug-likeness (QED) is 0.585. The van der Waals surface area contributed by atoms with E-state index >= 15 is 0 Å². The molecule has 1 saturated heterocycles. The lowest BCUT2D eigenvalue weighted by atomic mass is 9.74. The first-order chi connectivity index (χ1) is 9.16. The van der Waals surface area contributed by atoms with Crippen LogP contribution in [0.2, 0.25) is 0 Å². The molecule has 1 aliphatic heterocycles. The number of hydrogen-bond acceptors (Lipinski definition) is 3. The number of carbonyl (C=O) groups excluding carboxylic acids is 1. The smallest absolute Gasteiger partial charge is 0.313 e. The average molecular weight is 280 g/mol. The molecule has 1 atom stereocenters. The number of methoxy groups -OCH3 is 1. The highest BCUT2D eigenvalue weighted by Crippen LogP contribution is 2.52. The van der Waals surface area contributed by atoms with Crippen LogP contribution in [-0.2, 0) is 14.9 Å². The van der Waals surface area contributed by atoms with E-state index in [4.69, 9.17) is 16.5 Å². The molecule has 0 saturated carbocycles. The highest BCUT2D eigenvalue weighted by atomic mass is 35.5. The molecule has 102 valence electrons. The van der Waals surface area contributed by atoms with Crippen molar-refractivity contribution in [1.82, 2.24) is 4.42 Å². The largest absolute Gasteiger partial charge is 0.469 e. The Kier molecular flexibility index (Phi) is 3.27. The van der Waals surface area contributed by atoms with E-state index in [2.05, 4.69) is 18.2 Å². The van der Waals surface area contributed by atoms with Crippen molar-refractivity contribution in [2.24, 2.45) is 0 Å². The molecule has 0 bridgehead atoms. The van der Waals surface area contributed by atoms with E-state index in [1.807, 2.05) is 10.5 Å². The van der Waals surface area contributed by atoms with Crippen molar-refractivity contribution in [3.8, 4) is 0 Å². The van der Waals surface area contributed by atoms with Crippen molar-refractivity contribution in [1.29, 1.82) is 0 Å². The van der Waals surface area contributed by atoms with Crippen molar-refractivity contribution < 1.29 is 9.53 Å². The van der Waals surface area contributed by atoms with Gasteiger partial charge in [-0.25, -0.2) is 4.42 Å². The average Bonchev–Trinajstić information content (AvgIpc) is 2.77. The third kappa shape index (κ3) is 2.05. The highest BCUT2D eigenvalue weighted by molar-refractivity contribution is 6.13. The van der Waals surface area contributed by atoms with Crippen LogP contribution in [0.3, 0.4) is 0 Å². The Bertz CT molecular complexity index is 495. The highest BCUT2D eigenvalue weighted by Gasteiger charge is 2.47. The second kappa shape index (κ2) is 4.80. The van der Waals surface area contributed by atoms with E-state index in [-0.39, 0.29) is 17.3 Å². The molecule has 1 fully saturated rings. The van der Waals surface area contributed by atoms with Crippen LogP contribution in [-0.4, -0.2) is 30.6 Å². The number of nitrogens with zero attached hydrogens (tertiary/aromatic N) is 1. The van der Waals surface area contributed by atoms with E-state index in [1.165, 1.54) is 12.7 Å². The van der Waals surface area contributed by atoms with Gasteiger partial charge >= 0.3 is 5.97 Å². The molecule has 4 heteroatoms. The topological polar surface area (TPSA) is 29.5 Å². The standard InChI is InChI=1S/C15H18ClNO2/c1-19-14(18)12-10-15(6-8-17(16)9-7-15)13-5-3-2-4-11(12)13/h2-5,12H,6-10H2,1H3. The van der Waals surface area contributed by atoms with Gasteiger partial charge in [-0.15, -0.1) is 0 Å². The molecule has 0 N–H and O–H groups in total. The number of piperidine rings is 1. The number of hydrogen-bond donors (Lipinski definition) is 0. The van der Waals surface area contributed by atoms with Crippen LogP contribution in [0.5, 0.6) is 0 Å². The Hall–Kier alpha value is -1.06. The molecule has 1 unspecified atom stereocenters. The number of benzene rings is 1. The van der Waals surface area contributed by atoms with Gasteiger partial charge < -0.3 is 4.74 Å². The Morgan fingerprint density at radius 2 is 2.05 bits per heavy atom. The molecule has 0 amide bonds. The van der Waals surface area contributed by atoms with Gasteiger partial charge in [-0.3, -0.25) is 4.79 Å². The molecular weight excluding hydrogens is 262 g/mol. The van der Waals surface area contributed by atoms with Gasteiger partial charge in [0.2, 0.25) is 0 Å². The molecule has 1 aromatic carbocycles. The number of esters is 1. The summed E-state index contributed by atoms with van der Waals surface area (Å²) in [5.41, 5.74) is 2.59. The fraction of sp³-hybridized carbons (Fsp3) is 0.533. The molecule has 2 aliphatic rings. The molecule has 0 radical (unpaired) electrons. The third-order valence-corrected chi connectivity index (χ3v) is 4.99. The van der Waals surface area contributed by atoms with Gasteiger partial charge in [-0.1, -0.05) is 24.3 Å². The van der Waals surface area contributed by atoms with E-state index < -0.39 is 0 Å². The number of rotatable bonds is 1. The summed E-state index contributed by atoms with van der Waals surface area (Å²) in [4.78, 5) is 12.0. The van der Waals surface area contributed by atoms with E-state index in [0.717, 1.165) is 37.9 Å². The molecule has 1 heterocycles. The second-order valence-corrected chi connectivity index (χ2v) is 6.04. The van der Waals surface area contributed by atoms with E-state index in [9.17, 15) is 4.79 Å². The van der Waals surface area contributed by atoms with Crippen LogP contribution in [0.4, 0.5) is 0 Å². The molecule has 1 aliphatic carbocycles. The van der Waals surface area contributed by atoms with Gasteiger partial charge in [-0.2, -0.15) is 0 Å². The lowest BCUT2D eigenvalue weighted by Gasteiger charge is -2.37. The van der Waals surface area contributed by atoms with Crippen LogP contribution in [0.1, 0.15) is 36.3 Å². The maximum absolute atomic E-state index is 12.0. The number of halogens is 1. The van der Waals surface area contributed by atoms with Gasteiger partial charge in [-0.05, 0) is 47.6 Å². The van der Waals surface area contributed by atoms with Gasteiger partial charge in [0.05, 0.1) is 13.0 Å². The lowest BCUT2D eigenvalue weighted by Crippen LogP contribution is -2.37. The molecule has 0 aromatic heterocycles. The first kappa shape index (κ1) is 12.9. The predicted molar refractivity (Wildman–Crippen MR) is 74.2 cm³/mol. The molecule has 3 nitrogen and oxygen atoms in total. The number of fused-ring (bicyclic) bond motifs is 2. The van der Waals surface area contributed by atoms with Crippen molar-refractivity contribution >= 4 is 17.7 Å². The third-order valence-electron chi connectivity index (χ3n) is 4.65. The summed E-state index contributed by atoms with van der Waals surface area (Å²) in [6.45, 7) is 1.76. The number of ether oxygens (including phenoxy) is 1. The Labute approximate surface area is 118 Å². The SMILES string of the molecule is COC(=O)C1CC2(CCN(Cl)CC2)c2ccccc21. The summed E-state index contributed by atoms with van der Waals surface area (Å²) >= 11 is 6.07. The maximum atomic E-state index is 12.0. The van der Waals surface area contributed by atoms with Gasteiger partial charge in [0.25, 0.3) is 0 Å². The predicted octanol–water partition coefficient (Wildman–Crippen LogP) is 2.83. The van der Waals surface area contributed by atoms with Gasteiger partial charge in [0, 0.05) is 13.1 Å². The fourth-order valence-corrected chi connectivity index (χ4v) is 3.80. The minimum Gasteiger partial charge on any atom is -0.469 e. The van der Waals surface area contributed by atoms with Crippen LogP contribution in [0.25, 0.3) is 0 Å². The zero-order valence-corrected chi connectivity index (χ0v) is 11.8. The summed E-state index contributed by atoms with van der Waals surface area (Å²) < 4.78 is 6.82. The van der Waals surface area contributed by atoms with Crippen molar-refractivity contribution in [3.63, 3.8) is 0 Å². The first-order valence-corrected chi connectivity index (χ1v) is 7.08. The first-order valence-electron chi connectivity index (χ1n) is 6.74. The Morgan fingerprint density at radius 3 is 2.74 bits per heavy atom. The zero-order valence-electron chi connectivity index (χ0n) is 11.1. The van der Waals surface area contributed by atoms with Crippen molar-refractivity contribution in [3.05, 3.63) is 35.4 Å². The van der Waals surface area contributed by atoms with Crippen LogP contribution < -0.4 is 0 Å². The second-order valence-electron chi connectivity index (χ2n) is 5.56. The van der Waals surface area contributed by atoms with Gasteiger partial charge in [0.1, 0.15) is 0 Å².